The predicted molar refractivity (Wildman–Crippen MR) is 87.4 cm³/mol. The Kier molecular flexibility index (Phi) is 4.83. The van der Waals surface area contributed by atoms with E-state index in [1.54, 1.807) is 0 Å². The molecule has 2 aromatic carbocycles. The van der Waals surface area contributed by atoms with Gasteiger partial charge in [-0.25, -0.2) is 4.39 Å². The van der Waals surface area contributed by atoms with Gasteiger partial charge >= 0.3 is 0 Å². The summed E-state index contributed by atoms with van der Waals surface area (Å²) in [7, 11) is 0. The molecule has 0 atom stereocenters. The van der Waals surface area contributed by atoms with Crippen LogP contribution in [0, 0.1) is 0 Å². The number of carbonyl (C=O) groups excluding carboxylic acids is 1. The first kappa shape index (κ1) is 15.4. The summed E-state index contributed by atoms with van der Waals surface area (Å²) in [4.78, 5) is 14.0. The van der Waals surface area contributed by atoms with Crippen LogP contribution in [0.2, 0.25) is 0 Å². The molecule has 3 nitrogen and oxygen atoms in total. The van der Waals surface area contributed by atoms with Crippen LogP contribution < -0.4 is 0 Å². The van der Waals surface area contributed by atoms with Gasteiger partial charge in [0.25, 0.3) is 5.91 Å². The molecular weight excluding hydrogens is 293 g/mol. The van der Waals surface area contributed by atoms with Gasteiger partial charge in [0.15, 0.2) is 5.83 Å². The Balaban J connectivity index is 2.04. The lowest BCUT2D eigenvalue weighted by Crippen LogP contribution is -2.41. The Labute approximate surface area is 135 Å². The van der Waals surface area contributed by atoms with Crippen molar-refractivity contribution in [2.75, 3.05) is 26.3 Å². The highest BCUT2D eigenvalue weighted by Gasteiger charge is 2.25. The number of hydrogen-bond donors (Lipinski definition) is 0. The van der Waals surface area contributed by atoms with Crippen LogP contribution >= 0.6 is 0 Å². The Hall–Kier alpha value is -2.46. The van der Waals surface area contributed by atoms with E-state index in [-0.39, 0.29) is 0 Å². The minimum Gasteiger partial charge on any atom is -0.378 e. The van der Waals surface area contributed by atoms with Crippen molar-refractivity contribution in [3.8, 4) is 0 Å². The van der Waals surface area contributed by atoms with Crippen LogP contribution in [0.5, 0.6) is 0 Å². The molecule has 1 aliphatic rings. The normalized spacial score (nSPS) is 14.4. The molecule has 0 N–H and O–H groups in total. The molecule has 3 rings (SSSR count). The lowest BCUT2D eigenvalue weighted by molar-refractivity contribution is -0.132. The molecule has 1 aliphatic heterocycles. The van der Waals surface area contributed by atoms with Gasteiger partial charge in [0.1, 0.15) is 0 Å². The highest BCUT2D eigenvalue weighted by Crippen LogP contribution is 2.28. The molecule has 0 radical (unpaired) electrons. The van der Waals surface area contributed by atoms with Gasteiger partial charge in [-0.1, -0.05) is 60.7 Å². The standard InChI is InChI=1S/C19H18FNO2/c20-18(19(22)21-11-13-23-14-12-21)17(15-7-3-1-4-8-15)16-9-5-2-6-10-16/h1-10H,11-14H2. The van der Waals surface area contributed by atoms with Crippen LogP contribution in [-0.2, 0) is 9.53 Å². The van der Waals surface area contributed by atoms with Crippen LogP contribution in [-0.4, -0.2) is 37.1 Å². The average Bonchev–Trinajstić information content (AvgIpc) is 2.64. The van der Waals surface area contributed by atoms with E-state index < -0.39 is 11.7 Å². The van der Waals surface area contributed by atoms with Crippen molar-refractivity contribution in [2.45, 2.75) is 0 Å². The molecule has 0 aliphatic carbocycles. The summed E-state index contributed by atoms with van der Waals surface area (Å²) in [6.07, 6.45) is 0. The number of hydrogen-bond acceptors (Lipinski definition) is 2. The number of benzene rings is 2. The van der Waals surface area contributed by atoms with E-state index in [1.165, 1.54) is 4.90 Å². The first-order chi connectivity index (χ1) is 11.3. The average molecular weight is 311 g/mol. The smallest absolute Gasteiger partial charge is 0.283 e. The van der Waals surface area contributed by atoms with Crippen LogP contribution in [0.1, 0.15) is 11.1 Å². The molecule has 0 unspecified atom stereocenters. The van der Waals surface area contributed by atoms with Crippen molar-refractivity contribution in [1.82, 2.24) is 4.90 Å². The summed E-state index contributed by atoms with van der Waals surface area (Å²) in [6, 6.07) is 18.3. The Morgan fingerprint density at radius 1 is 0.870 bits per heavy atom. The van der Waals surface area contributed by atoms with E-state index in [0.29, 0.717) is 43.0 Å². The van der Waals surface area contributed by atoms with Crippen LogP contribution in [0.4, 0.5) is 4.39 Å². The van der Waals surface area contributed by atoms with Crippen LogP contribution in [0.25, 0.3) is 5.57 Å². The predicted octanol–water partition coefficient (Wildman–Crippen LogP) is 3.27. The van der Waals surface area contributed by atoms with E-state index in [4.69, 9.17) is 4.74 Å². The minimum atomic E-state index is -0.718. The zero-order chi connectivity index (χ0) is 16.1. The molecule has 23 heavy (non-hydrogen) atoms. The van der Waals surface area contributed by atoms with Crippen molar-refractivity contribution < 1.29 is 13.9 Å². The highest BCUT2D eigenvalue weighted by atomic mass is 19.1. The third kappa shape index (κ3) is 3.48. The quantitative estimate of drug-likeness (QED) is 0.814. The van der Waals surface area contributed by atoms with E-state index in [0.717, 1.165) is 0 Å². The minimum absolute atomic E-state index is 0.336. The van der Waals surface area contributed by atoms with Crippen molar-refractivity contribution in [1.29, 1.82) is 0 Å². The third-order valence-corrected chi connectivity index (χ3v) is 3.83. The van der Waals surface area contributed by atoms with Crippen molar-refractivity contribution in [2.24, 2.45) is 0 Å². The molecular formula is C19H18FNO2. The fourth-order valence-electron chi connectivity index (χ4n) is 2.64. The number of ether oxygens (including phenoxy) is 1. The van der Waals surface area contributed by atoms with Gasteiger partial charge in [-0.3, -0.25) is 4.79 Å². The van der Waals surface area contributed by atoms with Gasteiger partial charge in [0.05, 0.1) is 13.2 Å². The van der Waals surface area contributed by atoms with Crippen molar-refractivity contribution in [3.05, 3.63) is 77.6 Å². The van der Waals surface area contributed by atoms with Crippen molar-refractivity contribution in [3.63, 3.8) is 0 Å². The largest absolute Gasteiger partial charge is 0.378 e. The first-order valence-corrected chi connectivity index (χ1v) is 7.65. The topological polar surface area (TPSA) is 29.5 Å². The van der Waals surface area contributed by atoms with E-state index in [9.17, 15) is 4.79 Å². The maximum Gasteiger partial charge on any atom is 0.283 e. The Bertz CT molecular complexity index is 650. The summed E-state index contributed by atoms with van der Waals surface area (Å²) in [5.41, 5.74) is 1.72. The fraction of sp³-hybridized carbons (Fsp3) is 0.211. The molecule has 4 heteroatoms. The maximum atomic E-state index is 15.1. The van der Waals surface area contributed by atoms with Crippen LogP contribution in [0.15, 0.2) is 66.5 Å². The zero-order valence-corrected chi connectivity index (χ0v) is 12.7. The molecule has 0 bridgehead atoms. The number of carbonyl (C=O) groups is 1. The fourth-order valence-corrected chi connectivity index (χ4v) is 2.64. The summed E-state index contributed by atoms with van der Waals surface area (Å²) in [5, 5.41) is 0. The maximum absolute atomic E-state index is 15.1. The molecule has 0 saturated carbocycles. The van der Waals surface area contributed by atoms with Gasteiger partial charge in [-0.2, -0.15) is 0 Å². The SMILES string of the molecule is O=C(C(F)=C(c1ccccc1)c1ccccc1)N1CCOCC1. The molecule has 2 aromatic rings. The van der Waals surface area contributed by atoms with Crippen LogP contribution in [0.3, 0.4) is 0 Å². The van der Waals surface area contributed by atoms with Crippen molar-refractivity contribution >= 4 is 11.5 Å². The molecule has 118 valence electrons. The number of halogens is 1. The molecule has 1 amide bonds. The number of morpholine rings is 1. The molecule has 1 saturated heterocycles. The van der Waals surface area contributed by atoms with E-state index in [2.05, 4.69) is 0 Å². The lowest BCUT2D eigenvalue weighted by atomic mass is 9.96. The van der Waals surface area contributed by atoms with Gasteiger partial charge in [0.2, 0.25) is 0 Å². The summed E-state index contributed by atoms with van der Waals surface area (Å²) in [5.74, 6) is -1.29. The van der Waals surface area contributed by atoms with Gasteiger partial charge < -0.3 is 9.64 Å². The van der Waals surface area contributed by atoms with Gasteiger partial charge in [0, 0.05) is 18.7 Å². The molecule has 1 fully saturated rings. The number of rotatable bonds is 3. The van der Waals surface area contributed by atoms with Gasteiger partial charge in [-0.05, 0) is 11.1 Å². The monoisotopic (exact) mass is 311 g/mol. The molecule has 0 spiro atoms. The van der Waals surface area contributed by atoms with E-state index in [1.807, 2.05) is 60.7 Å². The summed E-state index contributed by atoms with van der Waals surface area (Å²) < 4.78 is 20.3. The highest BCUT2D eigenvalue weighted by molar-refractivity contribution is 6.02. The lowest BCUT2D eigenvalue weighted by Gasteiger charge is -2.26. The second-order valence-corrected chi connectivity index (χ2v) is 5.33. The second-order valence-electron chi connectivity index (χ2n) is 5.33. The molecule has 1 heterocycles. The Morgan fingerprint density at radius 3 is 1.83 bits per heavy atom. The number of nitrogens with zero attached hydrogens (tertiary/aromatic N) is 1. The van der Waals surface area contributed by atoms with Gasteiger partial charge in [-0.15, -0.1) is 0 Å². The third-order valence-electron chi connectivity index (χ3n) is 3.83. The first-order valence-electron chi connectivity index (χ1n) is 7.65. The van der Waals surface area contributed by atoms with E-state index >= 15 is 4.39 Å². The second kappa shape index (κ2) is 7.20. The Morgan fingerprint density at radius 2 is 1.35 bits per heavy atom. The number of amides is 1. The molecule has 0 aromatic heterocycles. The zero-order valence-electron chi connectivity index (χ0n) is 12.7. The summed E-state index contributed by atoms with van der Waals surface area (Å²) in [6.45, 7) is 1.74. The summed E-state index contributed by atoms with van der Waals surface area (Å²) >= 11 is 0.